The number of benzene rings is 1. The molecule has 2 heterocycles. The molecule has 2 N–H and O–H groups in total. The molecule has 1 aromatic rings. The van der Waals surface area contributed by atoms with E-state index in [2.05, 4.69) is 31.8 Å². The Balaban J connectivity index is 1.39. The van der Waals surface area contributed by atoms with Gasteiger partial charge in [0.2, 0.25) is 5.91 Å². The molecule has 2 saturated heterocycles. The standard InChI is InChI=1S/C19H29ClN6O/c1-16(27)24-10-8-23(9-11-24)7-6-22-19(21)26-14-12-25(13-15-26)18-4-2-17(20)3-5-18/h2-5H,6-15H2,1H3,(H2,21,22). The first kappa shape index (κ1) is 19.8. The summed E-state index contributed by atoms with van der Waals surface area (Å²) in [5.41, 5.74) is 7.39. The maximum absolute atomic E-state index is 11.4. The first-order valence-corrected chi connectivity index (χ1v) is 9.94. The van der Waals surface area contributed by atoms with Crippen molar-refractivity contribution in [3.8, 4) is 0 Å². The second kappa shape index (κ2) is 9.28. The van der Waals surface area contributed by atoms with Gasteiger partial charge in [-0.2, -0.15) is 0 Å². The van der Waals surface area contributed by atoms with Crippen molar-refractivity contribution in [1.82, 2.24) is 14.7 Å². The minimum Gasteiger partial charge on any atom is -0.370 e. The van der Waals surface area contributed by atoms with Gasteiger partial charge in [-0.3, -0.25) is 14.7 Å². The molecule has 2 aliphatic rings. The minimum absolute atomic E-state index is 0.162. The Morgan fingerprint density at radius 1 is 1.00 bits per heavy atom. The Morgan fingerprint density at radius 3 is 2.19 bits per heavy atom. The summed E-state index contributed by atoms with van der Waals surface area (Å²) in [6, 6.07) is 7.97. The Hall–Kier alpha value is -1.99. The third kappa shape index (κ3) is 5.49. The molecule has 2 fully saturated rings. The number of halogens is 1. The lowest BCUT2D eigenvalue weighted by atomic mass is 10.2. The Bertz CT molecular complexity index is 649. The zero-order valence-electron chi connectivity index (χ0n) is 16.0. The summed E-state index contributed by atoms with van der Waals surface area (Å²) in [4.78, 5) is 24.7. The van der Waals surface area contributed by atoms with Gasteiger partial charge in [0.25, 0.3) is 0 Å². The van der Waals surface area contributed by atoms with E-state index in [-0.39, 0.29) is 5.91 Å². The SMILES string of the molecule is CC(=O)N1CCN(CCN=C(N)N2CCN(c3ccc(Cl)cc3)CC2)CC1. The van der Waals surface area contributed by atoms with Crippen molar-refractivity contribution < 1.29 is 4.79 Å². The lowest BCUT2D eigenvalue weighted by Crippen LogP contribution is -2.51. The first-order valence-electron chi connectivity index (χ1n) is 9.56. The molecule has 0 aliphatic carbocycles. The van der Waals surface area contributed by atoms with E-state index in [0.717, 1.165) is 63.9 Å². The molecule has 0 aromatic heterocycles. The number of rotatable bonds is 4. The first-order chi connectivity index (χ1) is 13.0. The molecule has 148 valence electrons. The van der Waals surface area contributed by atoms with Gasteiger partial charge < -0.3 is 20.4 Å². The number of amides is 1. The second-order valence-corrected chi connectivity index (χ2v) is 7.47. The van der Waals surface area contributed by atoms with Crippen LogP contribution >= 0.6 is 11.6 Å². The lowest BCUT2D eigenvalue weighted by molar-refractivity contribution is -0.130. The van der Waals surface area contributed by atoms with Gasteiger partial charge in [0.05, 0.1) is 6.54 Å². The molecule has 2 aliphatic heterocycles. The fraction of sp³-hybridized carbons (Fsp3) is 0.579. The van der Waals surface area contributed by atoms with E-state index in [1.54, 1.807) is 6.92 Å². The van der Waals surface area contributed by atoms with Crippen molar-refractivity contribution in [1.29, 1.82) is 0 Å². The summed E-state index contributed by atoms with van der Waals surface area (Å²) < 4.78 is 0. The maximum atomic E-state index is 11.4. The van der Waals surface area contributed by atoms with Crippen LogP contribution in [0.15, 0.2) is 29.3 Å². The molecule has 27 heavy (non-hydrogen) atoms. The fourth-order valence-electron chi connectivity index (χ4n) is 3.54. The van der Waals surface area contributed by atoms with Gasteiger partial charge in [0.1, 0.15) is 0 Å². The molecular weight excluding hydrogens is 364 g/mol. The second-order valence-electron chi connectivity index (χ2n) is 7.04. The molecule has 0 saturated carbocycles. The van der Waals surface area contributed by atoms with Crippen LogP contribution in [0.1, 0.15) is 6.92 Å². The zero-order valence-corrected chi connectivity index (χ0v) is 16.7. The highest BCUT2D eigenvalue weighted by atomic mass is 35.5. The van der Waals surface area contributed by atoms with Gasteiger partial charge >= 0.3 is 0 Å². The summed E-state index contributed by atoms with van der Waals surface area (Å²) in [7, 11) is 0. The average Bonchev–Trinajstić information content (AvgIpc) is 2.69. The van der Waals surface area contributed by atoms with Gasteiger partial charge in [0, 0.05) is 76.5 Å². The molecule has 1 amide bonds. The Morgan fingerprint density at radius 2 is 1.59 bits per heavy atom. The third-order valence-corrected chi connectivity index (χ3v) is 5.56. The number of hydrogen-bond acceptors (Lipinski definition) is 4. The van der Waals surface area contributed by atoms with Crippen molar-refractivity contribution in [2.24, 2.45) is 10.7 Å². The minimum atomic E-state index is 0.162. The molecular formula is C19H29ClN6O. The monoisotopic (exact) mass is 392 g/mol. The van der Waals surface area contributed by atoms with Gasteiger partial charge in [-0.05, 0) is 24.3 Å². The molecule has 8 heteroatoms. The summed E-state index contributed by atoms with van der Waals surface area (Å²) in [5, 5.41) is 0.761. The van der Waals surface area contributed by atoms with Crippen LogP contribution in [-0.2, 0) is 4.79 Å². The molecule has 1 aromatic carbocycles. The van der Waals surface area contributed by atoms with E-state index in [1.165, 1.54) is 5.69 Å². The molecule has 0 atom stereocenters. The third-order valence-electron chi connectivity index (χ3n) is 5.30. The number of carbonyl (C=O) groups is 1. The Labute approximate surface area is 166 Å². The van der Waals surface area contributed by atoms with Crippen molar-refractivity contribution >= 4 is 29.2 Å². The number of guanidine groups is 1. The van der Waals surface area contributed by atoms with E-state index in [1.807, 2.05) is 17.0 Å². The van der Waals surface area contributed by atoms with E-state index in [9.17, 15) is 4.79 Å². The van der Waals surface area contributed by atoms with Crippen molar-refractivity contribution in [3.05, 3.63) is 29.3 Å². The van der Waals surface area contributed by atoms with Crippen LogP contribution in [0.5, 0.6) is 0 Å². The fourth-order valence-corrected chi connectivity index (χ4v) is 3.66. The number of nitrogens with zero attached hydrogens (tertiary/aromatic N) is 5. The zero-order chi connectivity index (χ0) is 19.2. The van der Waals surface area contributed by atoms with Crippen LogP contribution in [0.2, 0.25) is 5.02 Å². The van der Waals surface area contributed by atoms with Crippen LogP contribution in [0.25, 0.3) is 0 Å². The van der Waals surface area contributed by atoms with Gasteiger partial charge in [-0.15, -0.1) is 0 Å². The normalized spacial score (nSPS) is 19.5. The number of piperazine rings is 2. The highest BCUT2D eigenvalue weighted by molar-refractivity contribution is 6.30. The molecule has 0 spiro atoms. The molecule has 0 unspecified atom stereocenters. The predicted molar refractivity (Wildman–Crippen MR) is 110 cm³/mol. The van der Waals surface area contributed by atoms with E-state index in [0.29, 0.717) is 12.5 Å². The number of aliphatic imine (C=N–C) groups is 1. The number of anilines is 1. The maximum Gasteiger partial charge on any atom is 0.219 e. The van der Waals surface area contributed by atoms with Crippen LogP contribution in [0, 0.1) is 0 Å². The van der Waals surface area contributed by atoms with E-state index < -0.39 is 0 Å². The number of carbonyl (C=O) groups excluding carboxylic acids is 1. The van der Waals surface area contributed by atoms with Gasteiger partial charge in [-0.25, -0.2) is 0 Å². The topological polar surface area (TPSA) is 68.4 Å². The quantitative estimate of drug-likeness (QED) is 0.610. The van der Waals surface area contributed by atoms with Crippen LogP contribution < -0.4 is 10.6 Å². The molecule has 7 nitrogen and oxygen atoms in total. The van der Waals surface area contributed by atoms with Gasteiger partial charge in [-0.1, -0.05) is 11.6 Å². The predicted octanol–water partition coefficient (Wildman–Crippen LogP) is 0.941. The van der Waals surface area contributed by atoms with Crippen molar-refractivity contribution in [2.75, 3.05) is 70.3 Å². The van der Waals surface area contributed by atoms with Crippen molar-refractivity contribution in [2.45, 2.75) is 6.92 Å². The molecule has 0 bridgehead atoms. The highest BCUT2D eigenvalue weighted by Gasteiger charge is 2.20. The van der Waals surface area contributed by atoms with Crippen LogP contribution in [0.4, 0.5) is 5.69 Å². The smallest absolute Gasteiger partial charge is 0.219 e. The summed E-state index contributed by atoms with van der Waals surface area (Å²) in [6.07, 6.45) is 0. The summed E-state index contributed by atoms with van der Waals surface area (Å²) in [6.45, 7) is 10.2. The van der Waals surface area contributed by atoms with Crippen LogP contribution in [0.3, 0.4) is 0 Å². The number of nitrogens with two attached hydrogens (primary N) is 1. The summed E-state index contributed by atoms with van der Waals surface area (Å²) in [5.74, 6) is 0.794. The van der Waals surface area contributed by atoms with Gasteiger partial charge in [0.15, 0.2) is 5.96 Å². The van der Waals surface area contributed by atoms with Crippen LogP contribution in [-0.4, -0.2) is 92.0 Å². The van der Waals surface area contributed by atoms with Crippen molar-refractivity contribution in [3.63, 3.8) is 0 Å². The highest BCUT2D eigenvalue weighted by Crippen LogP contribution is 2.19. The lowest BCUT2D eigenvalue weighted by Gasteiger charge is -2.37. The number of hydrogen-bond donors (Lipinski definition) is 1. The summed E-state index contributed by atoms with van der Waals surface area (Å²) >= 11 is 5.96. The van der Waals surface area contributed by atoms with E-state index in [4.69, 9.17) is 17.3 Å². The largest absolute Gasteiger partial charge is 0.370 e. The molecule has 3 rings (SSSR count). The Kier molecular flexibility index (Phi) is 6.79. The molecule has 0 radical (unpaired) electrons. The van der Waals surface area contributed by atoms with E-state index >= 15 is 0 Å². The average molecular weight is 393 g/mol.